The van der Waals surface area contributed by atoms with Crippen molar-refractivity contribution in [3.05, 3.63) is 29.4 Å². The summed E-state index contributed by atoms with van der Waals surface area (Å²) >= 11 is 6.04. The third kappa shape index (κ3) is 3.12. The molecule has 0 unspecified atom stereocenters. The van der Waals surface area contributed by atoms with Crippen molar-refractivity contribution in [3.8, 4) is 0 Å². The molecule has 1 amide bonds. The van der Waals surface area contributed by atoms with Crippen LogP contribution in [-0.4, -0.2) is 41.2 Å². The number of fused-ring (bicyclic) bond motifs is 1. The number of nitrogens with one attached hydrogen (secondary N) is 2. The molecule has 1 aliphatic heterocycles. The van der Waals surface area contributed by atoms with Crippen molar-refractivity contribution >= 4 is 34.4 Å². The van der Waals surface area contributed by atoms with Crippen molar-refractivity contribution in [2.45, 2.75) is 12.5 Å². The average molecular weight is 307 g/mol. The lowest BCUT2D eigenvalue weighted by atomic mass is 10.0. The fourth-order valence-corrected chi connectivity index (χ4v) is 2.23. The molecule has 2 aromatic rings. The van der Waals surface area contributed by atoms with Gasteiger partial charge in [0.15, 0.2) is 11.0 Å². The monoisotopic (exact) mass is 306 g/mol. The average Bonchev–Trinajstić information content (AvgIpc) is 2.44. The smallest absolute Gasteiger partial charge is 0.251 e. The minimum atomic E-state index is -0.297. The maximum atomic E-state index is 11.9. The molecular formula is C14H15ClN4O2. The van der Waals surface area contributed by atoms with Gasteiger partial charge in [-0.05, 0) is 19.1 Å². The zero-order valence-corrected chi connectivity index (χ0v) is 12.3. The molecule has 0 bridgehead atoms. The number of anilines is 1. The molecule has 2 heterocycles. The number of nitrogens with zero attached hydrogens (tertiary/aromatic N) is 2. The summed E-state index contributed by atoms with van der Waals surface area (Å²) < 4.78 is 5.56. The van der Waals surface area contributed by atoms with Crippen LogP contribution in [0.15, 0.2) is 24.3 Å². The minimum absolute atomic E-state index is 0.0387. The molecule has 7 heteroatoms. The van der Waals surface area contributed by atoms with E-state index in [9.17, 15) is 4.79 Å². The largest absolute Gasteiger partial charge is 0.363 e. The third-order valence-corrected chi connectivity index (χ3v) is 3.60. The third-order valence-electron chi connectivity index (χ3n) is 3.34. The summed E-state index contributed by atoms with van der Waals surface area (Å²) in [5, 5.41) is 5.90. The Labute approximate surface area is 126 Å². The van der Waals surface area contributed by atoms with Gasteiger partial charge in [-0.15, -0.1) is 0 Å². The second-order valence-corrected chi connectivity index (χ2v) is 5.60. The Balaban J connectivity index is 1.69. The summed E-state index contributed by atoms with van der Waals surface area (Å²) in [6.07, 6.45) is 0. The van der Waals surface area contributed by atoms with Crippen molar-refractivity contribution in [2.75, 3.05) is 25.0 Å². The molecular weight excluding hydrogens is 292 g/mol. The van der Waals surface area contributed by atoms with Gasteiger partial charge in [0.2, 0.25) is 0 Å². The topological polar surface area (TPSA) is 76.1 Å². The first-order valence-electron chi connectivity index (χ1n) is 6.63. The van der Waals surface area contributed by atoms with E-state index in [0.717, 1.165) is 13.1 Å². The van der Waals surface area contributed by atoms with E-state index in [1.165, 1.54) is 0 Å². The fourth-order valence-electron chi connectivity index (χ4n) is 2.05. The van der Waals surface area contributed by atoms with Gasteiger partial charge in [-0.3, -0.25) is 4.79 Å². The van der Waals surface area contributed by atoms with E-state index in [-0.39, 0.29) is 29.1 Å². The van der Waals surface area contributed by atoms with E-state index >= 15 is 0 Å². The number of ether oxygens (including phenoxy) is 1. The first-order chi connectivity index (χ1) is 10.1. The second-order valence-electron chi connectivity index (χ2n) is 5.24. The zero-order chi connectivity index (χ0) is 14.9. The molecule has 1 fully saturated rings. The highest BCUT2D eigenvalue weighted by Gasteiger charge is 2.33. The Morgan fingerprint density at radius 1 is 1.38 bits per heavy atom. The Kier molecular flexibility index (Phi) is 3.75. The maximum absolute atomic E-state index is 11.9. The molecule has 0 aliphatic carbocycles. The molecule has 1 aromatic carbocycles. The number of hydrogen-bond donors (Lipinski definition) is 2. The van der Waals surface area contributed by atoms with Gasteiger partial charge in [0, 0.05) is 13.1 Å². The lowest BCUT2D eigenvalue weighted by Crippen LogP contribution is -2.59. The number of para-hydroxylation sites is 2. The lowest BCUT2D eigenvalue weighted by Gasteiger charge is -2.38. The van der Waals surface area contributed by atoms with Crippen LogP contribution in [0, 0.1) is 0 Å². The first-order valence-corrected chi connectivity index (χ1v) is 7.00. The van der Waals surface area contributed by atoms with E-state index in [0.29, 0.717) is 11.0 Å². The molecule has 1 aromatic heterocycles. The van der Waals surface area contributed by atoms with E-state index in [1.54, 1.807) is 0 Å². The lowest BCUT2D eigenvalue weighted by molar-refractivity contribution is -0.130. The molecule has 3 rings (SSSR count). The Bertz CT molecular complexity index is 688. The van der Waals surface area contributed by atoms with Crippen LogP contribution in [0.25, 0.3) is 11.0 Å². The van der Waals surface area contributed by atoms with Gasteiger partial charge < -0.3 is 15.4 Å². The highest BCUT2D eigenvalue weighted by molar-refractivity contribution is 6.32. The van der Waals surface area contributed by atoms with Gasteiger partial charge in [0.05, 0.1) is 16.6 Å². The summed E-state index contributed by atoms with van der Waals surface area (Å²) in [5.41, 5.74) is 1.09. The Morgan fingerprint density at radius 3 is 2.67 bits per heavy atom. The standard InChI is InChI=1S/C14H15ClN4O2/c1-14(7-16-8-14)21-6-11(20)19-13-12(15)17-9-4-2-3-5-10(9)18-13/h2-5,16H,6-8H2,1H3,(H,18,19,20). The quantitative estimate of drug-likeness (QED) is 0.897. The molecule has 0 atom stereocenters. The molecule has 21 heavy (non-hydrogen) atoms. The van der Waals surface area contributed by atoms with Crippen LogP contribution in [0.3, 0.4) is 0 Å². The van der Waals surface area contributed by atoms with Gasteiger partial charge in [-0.1, -0.05) is 23.7 Å². The van der Waals surface area contributed by atoms with Crippen LogP contribution < -0.4 is 10.6 Å². The number of carbonyl (C=O) groups is 1. The van der Waals surface area contributed by atoms with Crippen molar-refractivity contribution in [1.82, 2.24) is 15.3 Å². The molecule has 1 aliphatic rings. The molecule has 0 spiro atoms. The van der Waals surface area contributed by atoms with Crippen molar-refractivity contribution in [3.63, 3.8) is 0 Å². The number of carbonyl (C=O) groups excluding carboxylic acids is 1. The van der Waals surface area contributed by atoms with Crippen molar-refractivity contribution in [2.24, 2.45) is 0 Å². The van der Waals surface area contributed by atoms with Crippen LogP contribution in [0.2, 0.25) is 5.15 Å². The Hall–Kier alpha value is -1.76. The predicted octanol–water partition coefficient (Wildman–Crippen LogP) is 1.60. The fraction of sp³-hybridized carbons (Fsp3) is 0.357. The Morgan fingerprint density at radius 2 is 2.05 bits per heavy atom. The van der Waals surface area contributed by atoms with E-state index < -0.39 is 0 Å². The summed E-state index contributed by atoms with van der Waals surface area (Å²) in [6.45, 7) is 3.41. The molecule has 0 saturated carbocycles. The SMILES string of the molecule is CC1(OCC(=O)Nc2nc3ccccc3nc2Cl)CNC1. The number of halogens is 1. The summed E-state index contributed by atoms with van der Waals surface area (Å²) in [7, 11) is 0. The van der Waals surface area contributed by atoms with Gasteiger partial charge in [0.1, 0.15) is 6.61 Å². The van der Waals surface area contributed by atoms with Crippen LogP contribution in [0.4, 0.5) is 5.82 Å². The van der Waals surface area contributed by atoms with Crippen molar-refractivity contribution < 1.29 is 9.53 Å². The molecule has 6 nitrogen and oxygen atoms in total. The van der Waals surface area contributed by atoms with Gasteiger partial charge >= 0.3 is 0 Å². The van der Waals surface area contributed by atoms with E-state index in [4.69, 9.17) is 16.3 Å². The second kappa shape index (κ2) is 5.55. The van der Waals surface area contributed by atoms with Crippen molar-refractivity contribution in [1.29, 1.82) is 0 Å². The van der Waals surface area contributed by atoms with Gasteiger partial charge in [-0.2, -0.15) is 0 Å². The van der Waals surface area contributed by atoms with Gasteiger partial charge in [0.25, 0.3) is 5.91 Å². The number of amides is 1. The van der Waals surface area contributed by atoms with Crippen LogP contribution >= 0.6 is 11.6 Å². The molecule has 110 valence electrons. The minimum Gasteiger partial charge on any atom is -0.363 e. The van der Waals surface area contributed by atoms with E-state index in [1.807, 2.05) is 31.2 Å². The van der Waals surface area contributed by atoms with E-state index in [2.05, 4.69) is 20.6 Å². The number of rotatable bonds is 4. The highest BCUT2D eigenvalue weighted by atomic mass is 35.5. The van der Waals surface area contributed by atoms with Gasteiger partial charge in [-0.25, -0.2) is 9.97 Å². The first kappa shape index (κ1) is 14.2. The summed E-state index contributed by atoms with van der Waals surface area (Å²) in [4.78, 5) is 20.4. The normalized spacial score (nSPS) is 16.5. The maximum Gasteiger partial charge on any atom is 0.251 e. The highest BCUT2D eigenvalue weighted by Crippen LogP contribution is 2.21. The van der Waals surface area contributed by atoms with Crippen LogP contribution in [0.1, 0.15) is 6.92 Å². The number of aromatic nitrogens is 2. The summed E-state index contributed by atoms with van der Waals surface area (Å²) in [5.74, 6) is -0.0459. The zero-order valence-electron chi connectivity index (χ0n) is 11.5. The number of benzene rings is 1. The molecule has 1 saturated heterocycles. The number of hydrogen-bond acceptors (Lipinski definition) is 5. The van der Waals surface area contributed by atoms with Crippen LogP contribution in [0.5, 0.6) is 0 Å². The molecule has 0 radical (unpaired) electrons. The molecule has 2 N–H and O–H groups in total. The van der Waals surface area contributed by atoms with Crippen LogP contribution in [-0.2, 0) is 9.53 Å². The summed E-state index contributed by atoms with van der Waals surface area (Å²) in [6, 6.07) is 7.33. The predicted molar refractivity (Wildman–Crippen MR) is 80.4 cm³/mol.